The van der Waals surface area contributed by atoms with Crippen LogP contribution in [-0.2, 0) is 27.2 Å². The number of carbonyl (C=O) groups excluding carboxylic acids is 1. The van der Waals surface area contributed by atoms with Crippen molar-refractivity contribution in [2.45, 2.75) is 26.7 Å². The topological polar surface area (TPSA) is 63.6 Å². The predicted octanol–water partition coefficient (Wildman–Crippen LogP) is 3.38. The molecular weight excluding hydrogens is 304 g/mol. The maximum atomic E-state index is 11.2. The van der Waals surface area contributed by atoms with E-state index >= 15 is 0 Å². The van der Waals surface area contributed by atoms with Gasteiger partial charge in [-0.15, -0.1) is 0 Å². The molecule has 0 spiro atoms. The standard InChI is InChI=1S/C11H14O2.C9H10O2/c1-9-5-3-4-6-10(9)7-11(12)8-13-2;1-7-4-2-3-5-8(7)6-9(10)11/h3-6H,7-8H2,1-2H3;2-5H,6H2,1H3,(H,10,11). The molecule has 0 aliphatic heterocycles. The number of ketones is 1. The molecule has 2 aromatic rings. The lowest BCUT2D eigenvalue weighted by molar-refractivity contribution is -0.136. The van der Waals surface area contributed by atoms with Crippen LogP contribution in [-0.4, -0.2) is 30.6 Å². The zero-order valence-corrected chi connectivity index (χ0v) is 14.4. The number of ether oxygens (including phenoxy) is 1. The lowest BCUT2D eigenvalue weighted by Gasteiger charge is -2.03. The van der Waals surface area contributed by atoms with E-state index in [0.29, 0.717) is 6.42 Å². The first-order valence-corrected chi connectivity index (χ1v) is 7.75. The number of hydrogen-bond acceptors (Lipinski definition) is 3. The number of methoxy groups -OCH3 is 1. The van der Waals surface area contributed by atoms with Crippen LogP contribution in [0.2, 0.25) is 0 Å². The summed E-state index contributed by atoms with van der Waals surface area (Å²) in [5.74, 6) is -0.656. The monoisotopic (exact) mass is 328 g/mol. The SMILES string of the molecule is COCC(=O)Cc1ccccc1C.Cc1ccccc1CC(=O)O. The third-order valence-electron chi connectivity index (χ3n) is 3.56. The average Bonchev–Trinajstić information content (AvgIpc) is 2.52. The number of aliphatic carboxylic acids is 1. The molecule has 4 heteroatoms. The molecule has 0 saturated heterocycles. The Balaban J connectivity index is 0.000000243. The summed E-state index contributed by atoms with van der Waals surface area (Å²) in [5, 5.41) is 8.49. The van der Waals surface area contributed by atoms with Crippen molar-refractivity contribution in [2.24, 2.45) is 0 Å². The summed E-state index contributed by atoms with van der Waals surface area (Å²) < 4.78 is 4.77. The van der Waals surface area contributed by atoms with Gasteiger partial charge in [0.1, 0.15) is 6.61 Å². The first-order valence-electron chi connectivity index (χ1n) is 7.75. The number of carboxylic acids is 1. The molecule has 0 unspecified atom stereocenters. The average molecular weight is 328 g/mol. The van der Waals surface area contributed by atoms with Gasteiger partial charge in [-0.1, -0.05) is 48.5 Å². The maximum Gasteiger partial charge on any atom is 0.307 e. The molecule has 2 rings (SSSR count). The lowest BCUT2D eigenvalue weighted by atomic mass is 10.0. The Morgan fingerprint density at radius 1 is 0.875 bits per heavy atom. The molecule has 0 atom stereocenters. The van der Waals surface area contributed by atoms with E-state index in [1.807, 2.05) is 62.4 Å². The van der Waals surface area contributed by atoms with Crippen LogP contribution in [0.25, 0.3) is 0 Å². The number of carbonyl (C=O) groups is 2. The minimum absolute atomic E-state index is 0.118. The molecule has 2 aromatic carbocycles. The molecule has 1 N–H and O–H groups in total. The van der Waals surface area contributed by atoms with Gasteiger partial charge in [-0.3, -0.25) is 9.59 Å². The first kappa shape index (κ1) is 19.6. The highest BCUT2D eigenvalue weighted by atomic mass is 16.5. The third kappa shape index (κ3) is 7.20. The second kappa shape index (κ2) is 10.3. The normalized spacial score (nSPS) is 9.79. The third-order valence-corrected chi connectivity index (χ3v) is 3.56. The van der Waals surface area contributed by atoms with Crippen LogP contribution in [0, 0.1) is 13.8 Å². The Hall–Kier alpha value is -2.46. The lowest BCUT2D eigenvalue weighted by Crippen LogP contribution is -2.10. The summed E-state index contributed by atoms with van der Waals surface area (Å²) in [6.45, 7) is 4.13. The fourth-order valence-corrected chi connectivity index (χ4v) is 2.20. The molecule has 128 valence electrons. The summed E-state index contributed by atoms with van der Waals surface area (Å²) in [4.78, 5) is 21.6. The zero-order valence-electron chi connectivity index (χ0n) is 14.4. The Morgan fingerprint density at radius 3 is 1.75 bits per heavy atom. The van der Waals surface area contributed by atoms with E-state index in [-0.39, 0.29) is 18.8 Å². The van der Waals surface area contributed by atoms with E-state index < -0.39 is 5.97 Å². The van der Waals surface area contributed by atoms with Crippen molar-refractivity contribution in [1.29, 1.82) is 0 Å². The van der Waals surface area contributed by atoms with Gasteiger partial charge in [-0.2, -0.15) is 0 Å². The molecule has 0 radical (unpaired) electrons. The Kier molecular flexibility index (Phi) is 8.44. The van der Waals surface area contributed by atoms with Gasteiger partial charge in [0.05, 0.1) is 6.42 Å². The van der Waals surface area contributed by atoms with Gasteiger partial charge < -0.3 is 9.84 Å². The number of rotatable bonds is 6. The number of Topliss-reactive ketones (excluding diaryl/α,β-unsaturated/α-hetero) is 1. The summed E-state index contributed by atoms with van der Waals surface area (Å²) in [6.07, 6.45) is 0.590. The van der Waals surface area contributed by atoms with Gasteiger partial charge in [0, 0.05) is 13.5 Å². The predicted molar refractivity (Wildman–Crippen MR) is 94.3 cm³/mol. The van der Waals surface area contributed by atoms with Crippen LogP contribution >= 0.6 is 0 Å². The molecule has 0 saturated carbocycles. The fraction of sp³-hybridized carbons (Fsp3) is 0.300. The molecule has 0 heterocycles. The summed E-state index contributed by atoms with van der Waals surface area (Å²) in [6, 6.07) is 15.4. The van der Waals surface area contributed by atoms with Gasteiger partial charge in [0.2, 0.25) is 0 Å². The van der Waals surface area contributed by atoms with E-state index in [1.54, 1.807) is 0 Å². The maximum absolute atomic E-state index is 11.2. The van der Waals surface area contributed by atoms with E-state index in [0.717, 1.165) is 22.3 Å². The van der Waals surface area contributed by atoms with Crippen molar-refractivity contribution >= 4 is 11.8 Å². The molecular formula is C20H24O4. The smallest absolute Gasteiger partial charge is 0.307 e. The number of carboxylic acid groups (broad SMARTS) is 1. The van der Waals surface area contributed by atoms with Crippen LogP contribution in [0.5, 0.6) is 0 Å². The van der Waals surface area contributed by atoms with Crippen molar-refractivity contribution in [3.05, 3.63) is 70.8 Å². The summed E-state index contributed by atoms with van der Waals surface area (Å²) in [5.41, 5.74) is 4.17. The van der Waals surface area contributed by atoms with Gasteiger partial charge >= 0.3 is 5.97 Å². The van der Waals surface area contributed by atoms with E-state index in [9.17, 15) is 9.59 Å². The van der Waals surface area contributed by atoms with Gasteiger partial charge in [-0.05, 0) is 36.1 Å². The molecule has 0 aliphatic rings. The zero-order chi connectivity index (χ0) is 17.9. The van der Waals surface area contributed by atoms with Crippen LogP contribution in [0.1, 0.15) is 22.3 Å². The Morgan fingerprint density at radius 2 is 1.33 bits per heavy atom. The number of aryl methyl sites for hydroxylation is 2. The highest BCUT2D eigenvalue weighted by Crippen LogP contribution is 2.08. The van der Waals surface area contributed by atoms with Crippen molar-refractivity contribution in [3.8, 4) is 0 Å². The second-order valence-corrected chi connectivity index (χ2v) is 5.57. The van der Waals surface area contributed by atoms with Gasteiger partial charge in [0.15, 0.2) is 5.78 Å². The summed E-state index contributed by atoms with van der Waals surface area (Å²) >= 11 is 0. The minimum Gasteiger partial charge on any atom is -0.481 e. The molecule has 0 aromatic heterocycles. The fourth-order valence-electron chi connectivity index (χ4n) is 2.20. The largest absolute Gasteiger partial charge is 0.481 e. The minimum atomic E-state index is -0.778. The number of hydrogen-bond donors (Lipinski definition) is 1. The van der Waals surface area contributed by atoms with E-state index in [1.165, 1.54) is 7.11 Å². The van der Waals surface area contributed by atoms with E-state index in [4.69, 9.17) is 9.84 Å². The van der Waals surface area contributed by atoms with Crippen molar-refractivity contribution < 1.29 is 19.4 Å². The van der Waals surface area contributed by atoms with Crippen molar-refractivity contribution in [3.63, 3.8) is 0 Å². The molecule has 0 bridgehead atoms. The van der Waals surface area contributed by atoms with Crippen LogP contribution < -0.4 is 0 Å². The second-order valence-electron chi connectivity index (χ2n) is 5.57. The van der Waals surface area contributed by atoms with Crippen molar-refractivity contribution in [1.82, 2.24) is 0 Å². The van der Waals surface area contributed by atoms with Gasteiger partial charge in [-0.25, -0.2) is 0 Å². The highest BCUT2D eigenvalue weighted by Gasteiger charge is 2.04. The molecule has 24 heavy (non-hydrogen) atoms. The van der Waals surface area contributed by atoms with Crippen LogP contribution in [0.3, 0.4) is 0 Å². The van der Waals surface area contributed by atoms with Crippen LogP contribution in [0.15, 0.2) is 48.5 Å². The van der Waals surface area contributed by atoms with E-state index in [2.05, 4.69) is 0 Å². The summed E-state index contributed by atoms with van der Waals surface area (Å²) in [7, 11) is 1.54. The number of benzene rings is 2. The quantitative estimate of drug-likeness (QED) is 0.883. The Labute approximate surface area is 143 Å². The first-order chi connectivity index (χ1) is 11.4. The molecule has 4 nitrogen and oxygen atoms in total. The van der Waals surface area contributed by atoms with Crippen molar-refractivity contribution in [2.75, 3.05) is 13.7 Å². The molecule has 0 fully saturated rings. The molecule has 0 aliphatic carbocycles. The Bertz CT molecular complexity index is 677. The van der Waals surface area contributed by atoms with Gasteiger partial charge in [0.25, 0.3) is 0 Å². The van der Waals surface area contributed by atoms with Crippen LogP contribution in [0.4, 0.5) is 0 Å². The highest BCUT2D eigenvalue weighted by molar-refractivity contribution is 5.82. The molecule has 0 amide bonds.